The van der Waals surface area contributed by atoms with E-state index in [9.17, 15) is 4.79 Å². The molecule has 0 fully saturated rings. The summed E-state index contributed by atoms with van der Waals surface area (Å²) in [6, 6.07) is 1.71. The Labute approximate surface area is 143 Å². The summed E-state index contributed by atoms with van der Waals surface area (Å²) in [5, 5.41) is 5.95. The number of carbonyl (C=O) groups is 1. The average molecular weight is 344 g/mol. The SMILES string of the molecule is CCCc1nc(CNC(=O)c2cnc3c(c2)nc(N)n3CC)cs1. The number of fused-ring (bicyclic) bond motifs is 1. The van der Waals surface area contributed by atoms with Gasteiger partial charge in [0.05, 0.1) is 22.8 Å². The predicted octanol–water partition coefficient (Wildman–Crippen LogP) is 2.37. The van der Waals surface area contributed by atoms with E-state index in [0.717, 1.165) is 23.5 Å². The summed E-state index contributed by atoms with van der Waals surface area (Å²) in [6.45, 7) is 5.19. The number of nitrogens with two attached hydrogens (primary N) is 1. The summed E-state index contributed by atoms with van der Waals surface area (Å²) in [6.07, 6.45) is 3.59. The van der Waals surface area contributed by atoms with Crippen LogP contribution in [0.2, 0.25) is 0 Å². The third-order valence-corrected chi connectivity index (χ3v) is 4.64. The predicted molar refractivity (Wildman–Crippen MR) is 94.9 cm³/mol. The van der Waals surface area contributed by atoms with E-state index in [2.05, 4.69) is 27.2 Å². The molecule has 0 unspecified atom stereocenters. The second kappa shape index (κ2) is 6.96. The first kappa shape index (κ1) is 16.4. The van der Waals surface area contributed by atoms with Crippen molar-refractivity contribution in [1.29, 1.82) is 0 Å². The van der Waals surface area contributed by atoms with Crippen LogP contribution in [-0.2, 0) is 19.5 Å². The van der Waals surface area contributed by atoms with Crippen LogP contribution in [0.3, 0.4) is 0 Å². The van der Waals surface area contributed by atoms with Gasteiger partial charge in [0.2, 0.25) is 5.95 Å². The maximum atomic E-state index is 12.3. The lowest BCUT2D eigenvalue weighted by molar-refractivity contribution is 0.0950. The Morgan fingerprint density at radius 3 is 2.96 bits per heavy atom. The minimum Gasteiger partial charge on any atom is -0.369 e. The van der Waals surface area contributed by atoms with Gasteiger partial charge in [-0.25, -0.2) is 15.0 Å². The van der Waals surface area contributed by atoms with Gasteiger partial charge in [0, 0.05) is 18.1 Å². The first-order valence-corrected chi connectivity index (χ1v) is 8.83. The van der Waals surface area contributed by atoms with Crippen molar-refractivity contribution in [3.8, 4) is 0 Å². The van der Waals surface area contributed by atoms with Crippen molar-refractivity contribution in [1.82, 2.24) is 24.8 Å². The highest BCUT2D eigenvalue weighted by Crippen LogP contribution is 2.17. The van der Waals surface area contributed by atoms with Crippen LogP contribution in [0.25, 0.3) is 11.2 Å². The molecule has 0 aliphatic rings. The molecule has 24 heavy (non-hydrogen) atoms. The third kappa shape index (κ3) is 3.23. The van der Waals surface area contributed by atoms with E-state index >= 15 is 0 Å². The average Bonchev–Trinajstić information content (AvgIpc) is 3.15. The van der Waals surface area contributed by atoms with Gasteiger partial charge in [-0.2, -0.15) is 0 Å². The van der Waals surface area contributed by atoms with Crippen molar-refractivity contribution in [3.63, 3.8) is 0 Å². The van der Waals surface area contributed by atoms with Crippen LogP contribution < -0.4 is 11.1 Å². The number of pyridine rings is 1. The molecular weight excluding hydrogens is 324 g/mol. The van der Waals surface area contributed by atoms with E-state index in [4.69, 9.17) is 5.73 Å². The zero-order valence-corrected chi connectivity index (χ0v) is 14.6. The summed E-state index contributed by atoms with van der Waals surface area (Å²) in [5.74, 6) is 0.211. The van der Waals surface area contributed by atoms with E-state index in [1.165, 1.54) is 0 Å². The molecule has 7 nitrogen and oxygen atoms in total. The molecule has 0 aliphatic heterocycles. The van der Waals surface area contributed by atoms with E-state index in [-0.39, 0.29) is 5.91 Å². The lowest BCUT2D eigenvalue weighted by Gasteiger charge is -2.04. The molecule has 3 aromatic heterocycles. The van der Waals surface area contributed by atoms with Gasteiger partial charge in [0.15, 0.2) is 5.65 Å². The van der Waals surface area contributed by atoms with Crippen LogP contribution in [0.1, 0.15) is 41.3 Å². The molecule has 3 N–H and O–H groups in total. The standard InChI is InChI=1S/C16H20N6OS/c1-3-5-13-20-11(9-24-13)8-19-15(23)10-6-12-14(18-7-10)22(4-2)16(17)21-12/h6-7,9H,3-5,8H2,1-2H3,(H2,17,21)(H,19,23). The number of carbonyl (C=O) groups excluding carboxylic acids is 1. The molecule has 0 saturated carbocycles. The highest BCUT2D eigenvalue weighted by atomic mass is 32.1. The highest BCUT2D eigenvalue weighted by molar-refractivity contribution is 7.09. The number of aromatic nitrogens is 4. The third-order valence-electron chi connectivity index (χ3n) is 3.69. The Hall–Kier alpha value is -2.48. The van der Waals surface area contributed by atoms with Crippen molar-refractivity contribution >= 4 is 34.4 Å². The fourth-order valence-corrected chi connectivity index (χ4v) is 3.40. The molecule has 0 radical (unpaired) electrons. The van der Waals surface area contributed by atoms with Crippen molar-refractivity contribution < 1.29 is 4.79 Å². The topological polar surface area (TPSA) is 98.7 Å². The number of nitrogen functional groups attached to an aromatic ring is 1. The van der Waals surface area contributed by atoms with Gasteiger partial charge < -0.3 is 11.1 Å². The molecule has 8 heteroatoms. The molecule has 1 amide bonds. The molecule has 3 rings (SSSR count). The van der Waals surface area contributed by atoms with Crippen LogP contribution in [0, 0.1) is 0 Å². The summed E-state index contributed by atoms with van der Waals surface area (Å²) >= 11 is 1.63. The maximum absolute atomic E-state index is 12.3. The molecule has 0 aromatic carbocycles. The number of thiazole rings is 1. The maximum Gasteiger partial charge on any atom is 0.253 e. The van der Waals surface area contributed by atoms with E-state index in [1.54, 1.807) is 23.6 Å². The number of imidazole rings is 1. The van der Waals surface area contributed by atoms with Crippen LogP contribution in [0.15, 0.2) is 17.6 Å². The second-order valence-electron chi connectivity index (χ2n) is 5.45. The normalized spacial score (nSPS) is 11.1. The first-order valence-electron chi connectivity index (χ1n) is 7.95. The zero-order chi connectivity index (χ0) is 17.1. The van der Waals surface area contributed by atoms with Gasteiger partial charge in [-0.1, -0.05) is 6.92 Å². The summed E-state index contributed by atoms with van der Waals surface area (Å²) in [4.78, 5) is 25.4. The van der Waals surface area contributed by atoms with E-state index in [1.807, 2.05) is 16.9 Å². The van der Waals surface area contributed by atoms with Gasteiger partial charge in [-0.05, 0) is 25.8 Å². The van der Waals surface area contributed by atoms with Crippen molar-refractivity contribution in [2.45, 2.75) is 39.8 Å². The van der Waals surface area contributed by atoms with Crippen LogP contribution in [0.5, 0.6) is 0 Å². The molecular formula is C16H20N6OS. The number of anilines is 1. The smallest absolute Gasteiger partial charge is 0.253 e. The Bertz CT molecular complexity index is 869. The molecule has 0 aliphatic carbocycles. The Morgan fingerprint density at radius 1 is 1.38 bits per heavy atom. The lowest BCUT2D eigenvalue weighted by Crippen LogP contribution is -2.23. The summed E-state index contributed by atoms with van der Waals surface area (Å²) in [5.41, 5.74) is 8.52. The number of rotatable bonds is 6. The molecule has 0 spiro atoms. The Kier molecular flexibility index (Phi) is 4.75. The van der Waals surface area contributed by atoms with Gasteiger partial charge in [-0.3, -0.25) is 9.36 Å². The van der Waals surface area contributed by atoms with Crippen molar-refractivity contribution in [2.24, 2.45) is 0 Å². The van der Waals surface area contributed by atoms with Crippen molar-refractivity contribution in [3.05, 3.63) is 33.9 Å². The molecule has 126 valence electrons. The number of hydrogen-bond acceptors (Lipinski definition) is 6. The fraction of sp³-hybridized carbons (Fsp3) is 0.375. The largest absolute Gasteiger partial charge is 0.369 e. The monoisotopic (exact) mass is 344 g/mol. The zero-order valence-electron chi connectivity index (χ0n) is 13.7. The molecule has 3 heterocycles. The number of aryl methyl sites for hydroxylation is 2. The number of hydrogen-bond donors (Lipinski definition) is 2. The van der Waals surface area contributed by atoms with Crippen molar-refractivity contribution in [2.75, 3.05) is 5.73 Å². The quantitative estimate of drug-likeness (QED) is 0.715. The second-order valence-corrected chi connectivity index (χ2v) is 6.39. The van der Waals surface area contributed by atoms with Gasteiger partial charge >= 0.3 is 0 Å². The van der Waals surface area contributed by atoms with Gasteiger partial charge in [0.1, 0.15) is 5.52 Å². The van der Waals surface area contributed by atoms with Crippen LogP contribution in [-0.4, -0.2) is 25.4 Å². The minimum absolute atomic E-state index is 0.195. The van der Waals surface area contributed by atoms with Gasteiger partial charge in [0.25, 0.3) is 5.91 Å². The molecule has 3 aromatic rings. The summed E-state index contributed by atoms with van der Waals surface area (Å²) in [7, 11) is 0. The fourth-order valence-electron chi connectivity index (χ4n) is 2.50. The van der Waals surface area contributed by atoms with Crippen LogP contribution in [0.4, 0.5) is 5.95 Å². The Balaban J connectivity index is 1.71. The molecule has 0 bridgehead atoms. The van der Waals surface area contributed by atoms with E-state index in [0.29, 0.717) is 35.8 Å². The lowest BCUT2D eigenvalue weighted by atomic mass is 10.2. The van der Waals surface area contributed by atoms with Gasteiger partial charge in [-0.15, -0.1) is 11.3 Å². The number of amides is 1. The summed E-state index contributed by atoms with van der Waals surface area (Å²) < 4.78 is 1.81. The van der Waals surface area contributed by atoms with E-state index < -0.39 is 0 Å². The first-order chi connectivity index (χ1) is 11.6. The molecule has 0 saturated heterocycles. The number of nitrogens with one attached hydrogen (secondary N) is 1. The van der Waals surface area contributed by atoms with Crippen LogP contribution >= 0.6 is 11.3 Å². The minimum atomic E-state index is -0.195. The highest BCUT2D eigenvalue weighted by Gasteiger charge is 2.13. The Morgan fingerprint density at radius 2 is 2.21 bits per heavy atom. The molecule has 0 atom stereocenters. The number of nitrogens with zero attached hydrogens (tertiary/aromatic N) is 4.